The Bertz CT molecular complexity index is 815. The summed E-state index contributed by atoms with van der Waals surface area (Å²) in [6.07, 6.45) is 0.427. The topological polar surface area (TPSA) is 87.9 Å². The lowest BCUT2D eigenvalue weighted by Gasteiger charge is -2.36. The molecular formula is C21H26N4O3. The van der Waals surface area contributed by atoms with E-state index >= 15 is 0 Å². The van der Waals surface area contributed by atoms with Crippen LogP contribution in [0.25, 0.3) is 0 Å². The van der Waals surface area contributed by atoms with Gasteiger partial charge < -0.3 is 20.7 Å². The zero-order chi connectivity index (χ0) is 19.9. The van der Waals surface area contributed by atoms with Crippen molar-refractivity contribution in [3.8, 4) is 5.75 Å². The molecule has 0 bridgehead atoms. The Morgan fingerprint density at radius 2 is 1.79 bits per heavy atom. The number of anilines is 2. The first-order valence-electron chi connectivity index (χ1n) is 9.36. The van der Waals surface area contributed by atoms with Gasteiger partial charge in [-0.25, -0.2) is 0 Å². The molecule has 28 heavy (non-hydrogen) atoms. The maximum absolute atomic E-state index is 12.2. The van der Waals surface area contributed by atoms with Crippen molar-refractivity contribution in [3.05, 3.63) is 54.1 Å². The Hall–Kier alpha value is -3.06. The van der Waals surface area contributed by atoms with E-state index in [1.54, 1.807) is 31.4 Å². The fourth-order valence-electron chi connectivity index (χ4n) is 3.24. The van der Waals surface area contributed by atoms with E-state index in [0.29, 0.717) is 17.7 Å². The summed E-state index contributed by atoms with van der Waals surface area (Å²) in [7, 11) is 1.67. The number of amides is 2. The molecule has 3 N–H and O–H groups in total. The average Bonchev–Trinajstić information content (AvgIpc) is 2.73. The van der Waals surface area contributed by atoms with Crippen LogP contribution in [0.2, 0.25) is 0 Å². The minimum Gasteiger partial charge on any atom is -0.497 e. The van der Waals surface area contributed by atoms with E-state index in [1.165, 1.54) is 0 Å². The maximum Gasteiger partial charge on any atom is 0.248 e. The average molecular weight is 382 g/mol. The summed E-state index contributed by atoms with van der Waals surface area (Å²) in [4.78, 5) is 27.9. The Morgan fingerprint density at radius 1 is 1.07 bits per heavy atom. The normalized spacial score (nSPS) is 14.5. The lowest BCUT2D eigenvalue weighted by Crippen LogP contribution is -2.47. The smallest absolute Gasteiger partial charge is 0.248 e. The molecule has 2 amide bonds. The Balaban J connectivity index is 1.42. The quantitative estimate of drug-likeness (QED) is 0.764. The van der Waals surface area contributed by atoms with Gasteiger partial charge in [-0.3, -0.25) is 14.5 Å². The molecule has 0 atom stereocenters. The predicted molar refractivity (Wildman–Crippen MR) is 110 cm³/mol. The van der Waals surface area contributed by atoms with E-state index in [0.717, 1.165) is 44.2 Å². The van der Waals surface area contributed by atoms with Crippen LogP contribution >= 0.6 is 0 Å². The van der Waals surface area contributed by atoms with Crippen molar-refractivity contribution in [3.63, 3.8) is 0 Å². The van der Waals surface area contributed by atoms with E-state index < -0.39 is 5.91 Å². The van der Waals surface area contributed by atoms with Crippen LogP contribution in [0.1, 0.15) is 16.8 Å². The molecule has 148 valence electrons. The number of primary amides is 1. The highest BCUT2D eigenvalue weighted by molar-refractivity contribution is 5.94. The van der Waals surface area contributed by atoms with Gasteiger partial charge in [0.2, 0.25) is 11.8 Å². The SMILES string of the molecule is COc1cccc(N2CCN(CCC(=O)Nc3ccc(C(N)=O)cc3)CC2)c1. The molecular weight excluding hydrogens is 356 g/mol. The van der Waals surface area contributed by atoms with Gasteiger partial charge in [-0.05, 0) is 36.4 Å². The van der Waals surface area contributed by atoms with Gasteiger partial charge in [-0.15, -0.1) is 0 Å². The molecule has 0 unspecified atom stereocenters. The molecule has 0 radical (unpaired) electrons. The van der Waals surface area contributed by atoms with Gasteiger partial charge in [0.25, 0.3) is 0 Å². The Morgan fingerprint density at radius 3 is 2.43 bits per heavy atom. The molecule has 3 rings (SSSR count). The number of methoxy groups -OCH3 is 1. The van der Waals surface area contributed by atoms with Crippen LogP contribution < -0.4 is 20.7 Å². The van der Waals surface area contributed by atoms with Crippen molar-refractivity contribution in [1.82, 2.24) is 4.90 Å². The van der Waals surface area contributed by atoms with Crippen LogP contribution in [0, 0.1) is 0 Å². The number of nitrogens with one attached hydrogen (secondary N) is 1. The number of carbonyl (C=O) groups is 2. The van der Waals surface area contributed by atoms with Crippen LogP contribution in [0.4, 0.5) is 11.4 Å². The number of nitrogens with two attached hydrogens (primary N) is 1. The van der Waals surface area contributed by atoms with Gasteiger partial charge in [-0.1, -0.05) is 6.07 Å². The van der Waals surface area contributed by atoms with Gasteiger partial charge >= 0.3 is 0 Å². The van der Waals surface area contributed by atoms with Crippen molar-refractivity contribution >= 4 is 23.2 Å². The molecule has 7 heteroatoms. The molecule has 7 nitrogen and oxygen atoms in total. The van der Waals surface area contributed by atoms with E-state index in [-0.39, 0.29) is 5.91 Å². The minimum atomic E-state index is -0.481. The number of benzene rings is 2. The van der Waals surface area contributed by atoms with E-state index in [1.807, 2.05) is 18.2 Å². The number of carbonyl (C=O) groups excluding carboxylic acids is 2. The number of hydrogen-bond acceptors (Lipinski definition) is 5. The third kappa shape index (κ3) is 5.23. The molecule has 1 aliphatic rings. The Kier molecular flexibility index (Phi) is 6.49. The molecule has 1 fully saturated rings. The molecule has 0 aliphatic carbocycles. The molecule has 2 aromatic rings. The zero-order valence-corrected chi connectivity index (χ0v) is 16.1. The minimum absolute atomic E-state index is 0.0398. The first-order chi connectivity index (χ1) is 13.5. The van der Waals surface area contributed by atoms with Gasteiger partial charge in [0, 0.05) is 62.1 Å². The van der Waals surface area contributed by atoms with Crippen LogP contribution in [0.15, 0.2) is 48.5 Å². The largest absolute Gasteiger partial charge is 0.497 e. The summed E-state index contributed by atoms with van der Waals surface area (Å²) in [5, 5.41) is 2.85. The highest BCUT2D eigenvalue weighted by atomic mass is 16.5. The summed E-state index contributed by atoms with van der Waals surface area (Å²) >= 11 is 0. The summed E-state index contributed by atoms with van der Waals surface area (Å²) < 4.78 is 5.29. The van der Waals surface area contributed by atoms with Crippen molar-refractivity contribution in [2.45, 2.75) is 6.42 Å². The molecule has 1 aliphatic heterocycles. The number of piperazine rings is 1. The van der Waals surface area contributed by atoms with Crippen LogP contribution in [-0.2, 0) is 4.79 Å². The third-order valence-electron chi connectivity index (χ3n) is 4.90. The summed E-state index contributed by atoms with van der Waals surface area (Å²) in [6, 6.07) is 14.7. The highest BCUT2D eigenvalue weighted by Crippen LogP contribution is 2.22. The van der Waals surface area contributed by atoms with E-state index in [4.69, 9.17) is 10.5 Å². The molecule has 0 spiro atoms. The predicted octanol–water partition coefficient (Wildman–Crippen LogP) is 1.94. The third-order valence-corrected chi connectivity index (χ3v) is 4.90. The van der Waals surface area contributed by atoms with Gasteiger partial charge in [0.15, 0.2) is 0 Å². The highest BCUT2D eigenvalue weighted by Gasteiger charge is 2.18. The van der Waals surface area contributed by atoms with Crippen molar-refractivity contribution in [2.24, 2.45) is 5.73 Å². The second-order valence-corrected chi connectivity index (χ2v) is 6.77. The fraction of sp³-hybridized carbons (Fsp3) is 0.333. The van der Waals surface area contributed by atoms with Gasteiger partial charge in [-0.2, -0.15) is 0 Å². The van der Waals surface area contributed by atoms with E-state index in [2.05, 4.69) is 21.2 Å². The molecule has 0 saturated carbocycles. The Labute approximate surface area is 165 Å². The lowest BCUT2D eigenvalue weighted by molar-refractivity contribution is -0.116. The molecule has 1 saturated heterocycles. The number of rotatable bonds is 7. The van der Waals surface area contributed by atoms with Crippen LogP contribution in [0.3, 0.4) is 0 Å². The molecule has 2 aromatic carbocycles. The molecule has 1 heterocycles. The standard InChI is InChI=1S/C21H26N4O3/c1-28-19-4-2-3-18(15-19)25-13-11-24(12-14-25)10-9-20(26)23-17-7-5-16(6-8-17)21(22)27/h2-8,15H,9-14H2,1H3,(H2,22,27)(H,23,26). The first kappa shape index (κ1) is 19.7. The maximum atomic E-state index is 12.2. The zero-order valence-electron chi connectivity index (χ0n) is 16.1. The van der Waals surface area contributed by atoms with Crippen LogP contribution in [0.5, 0.6) is 5.75 Å². The van der Waals surface area contributed by atoms with Crippen LogP contribution in [-0.4, -0.2) is 56.5 Å². The van der Waals surface area contributed by atoms with Crippen molar-refractivity contribution < 1.29 is 14.3 Å². The van der Waals surface area contributed by atoms with Gasteiger partial charge in [0.1, 0.15) is 5.75 Å². The summed E-state index contributed by atoms with van der Waals surface area (Å²) in [5.74, 6) is 0.341. The first-order valence-corrected chi connectivity index (χ1v) is 9.36. The monoisotopic (exact) mass is 382 g/mol. The summed E-state index contributed by atoms with van der Waals surface area (Å²) in [5.41, 5.74) is 7.47. The van der Waals surface area contributed by atoms with Gasteiger partial charge in [0.05, 0.1) is 7.11 Å². The number of hydrogen-bond donors (Lipinski definition) is 2. The van der Waals surface area contributed by atoms with Crippen molar-refractivity contribution in [2.75, 3.05) is 50.1 Å². The molecule has 0 aromatic heterocycles. The second-order valence-electron chi connectivity index (χ2n) is 6.77. The van der Waals surface area contributed by atoms with E-state index in [9.17, 15) is 9.59 Å². The number of nitrogens with zero attached hydrogens (tertiary/aromatic N) is 2. The van der Waals surface area contributed by atoms with Crippen molar-refractivity contribution in [1.29, 1.82) is 0 Å². The lowest BCUT2D eigenvalue weighted by atomic mass is 10.2. The number of ether oxygens (including phenoxy) is 1. The summed E-state index contributed by atoms with van der Waals surface area (Å²) in [6.45, 7) is 4.39. The fourth-order valence-corrected chi connectivity index (χ4v) is 3.24. The second kappa shape index (κ2) is 9.23.